The van der Waals surface area contributed by atoms with Gasteiger partial charge < -0.3 is 30.1 Å². The smallest absolute Gasteiger partial charge is 0.245 e. The van der Waals surface area contributed by atoms with Crippen molar-refractivity contribution in [3.63, 3.8) is 0 Å². The fourth-order valence-corrected chi connectivity index (χ4v) is 3.73. The van der Waals surface area contributed by atoms with E-state index < -0.39 is 12.5 Å². The summed E-state index contributed by atoms with van der Waals surface area (Å²) in [6.07, 6.45) is 2.22. The maximum absolute atomic E-state index is 11.1. The molecule has 3 aromatic rings. The predicted molar refractivity (Wildman–Crippen MR) is 135 cm³/mol. The number of nitriles is 1. The zero-order valence-electron chi connectivity index (χ0n) is 19.8. The van der Waals surface area contributed by atoms with Crippen LogP contribution in [0.5, 0.6) is 5.75 Å². The van der Waals surface area contributed by atoms with Crippen LogP contribution < -0.4 is 20.3 Å². The van der Waals surface area contributed by atoms with E-state index in [9.17, 15) is 10.1 Å². The number of carbonyl (C=O) groups is 1. The number of aliphatic hydroxyl groups is 1. The molecule has 0 saturated carbocycles. The summed E-state index contributed by atoms with van der Waals surface area (Å²) in [6.45, 7) is 3.42. The van der Waals surface area contributed by atoms with E-state index in [1.807, 2.05) is 18.2 Å². The molecule has 0 spiro atoms. The minimum Gasteiger partial charge on any atom is -0.492 e. The Bertz CT molecular complexity index is 1210. The molecule has 0 atom stereocenters. The fourth-order valence-electron chi connectivity index (χ4n) is 3.73. The third-order valence-electron chi connectivity index (χ3n) is 5.60. The molecular weight excluding hydrogens is 460 g/mol. The number of amides is 1. The number of nitrogens with zero attached hydrogens (tertiary/aromatic N) is 4. The van der Waals surface area contributed by atoms with Gasteiger partial charge >= 0.3 is 0 Å². The molecule has 10 nitrogen and oxygen atoms in total. The second-order valence-electron chi connectivity index (χ2n) is 8.07. The van der Waals surface area contributed by atoms with Crippen molar-refractivity contribution in [2.24, 2.45) is 0 Å². The molecule has 1 saturated heterocycles. The summed E-state index contributed by atoms with van der Waals surface area (Å²) in [4.78, 5) is 22.3. The lowest BCUT2D eigenvalue weighted by Crippen LogP contribution is -2.36. The van der Waals surface area contributed by atoms with E-state index in [0.29, 0.717) is 42.5 Å². The molecule has 2 heterocycles. The van der Waals surface area contributed by atoms with Crippen LogP contribution in [0.4, 0.5) is 17.3 Å². The number of nitrogens with one attached hydrogen (secondary N) is 2. The van der Waals surface area contributed by atoms with Gasteiger partial charge in [0.05, 0.1) is 31.1 Å². The summed E-state index contributed by atoms with van der Waals surface area (Å²) in [6, 6.07) is 17.4. The van der Waals surface area contributed by atoms with Crippen LogP contribution in [0.15, 0.2) is 54.7 Å². The van der Waals surface area contributed by atoms with Crippen molar-refractivity contribution >= 4 is 23.2 Å². The Morgan fingerprint density at radius 3 is 2.72 bits per heavy atom. The molecule has 1 aliphatic rings. The first kappa shape index (κ1) is 24.9. The molecular formula is C26H28N6O4. The lowest BCUT2D eigenvalue weighted by atomic mass is 10.1. The maximum atomic E-state index is 11.1. The van der Waals surface area contributed by atoms with Crippen molar-refractivity contribution < 1.29 is 19.4 Å². The highest BCUT2D eigenvalue weighted by Crippen LogP contribution is 2.27. The van der Waals surface area contributed by atoms with Gasteiger partial charge in [-0.3, -0.25) is 4.79 Å². The molecule has 0 aliphatic carbocycles. The first-order chi connectivity index (χ1) is 17.7. The average molecular weight is 489 g/mol. The topological polar surface area (TPSA) is 133 Å². The quantitative estimate of drug-likeness (QED) is 0.368. The SMILES string of the molecule is N#Cc1cc(-c2ccnc(Nc3ccc(N4CCOCC4)cc3)n2)ccc1OCCCNC(=O)CO. The normalized spacial score (nSPS) is 13.1. The minimum atomic E-state index is -0.539. The van der Waals surface area contributed by atoms with Crippen LogP contribution in [0.3, 0.4) is 0 Å². The molecule has 4 rings (SSSR count). The van der Waals surface area contributed by atoms with E-state index in [2.05, 4.69) is 43.7 Å². The third-order valence-corrected chi connectivity index (χ3v) is 5.60. The molecule has 2 aromatic carbocycles. The first-order valence-electron chi connectivity index (χ1n) is 11.7. The summed E-state index contributed by atoms with van der Waals surface area (Å²) in [5.74, 6) is 0.485. The molecule has 1 fully saturated rings. The standard InChI is InChI=1S/C26H28N6O4/c27-17-20-16-19(2-7-24(20)36-13-1-9-28-25(34)18-33)23-8-10-29-26(31-23)30-21-3-5-22(6-4-21)32-11-14-35-15-12-32/h2-8,10,16,33H,1,9,11-15,18H2,(H,28,34)(H,29,30,31). The predicted octanol–water partition coefficient (Wildman–Crippen LogP) is 2.47. The van der Waals surface area contributed by atoms with Crippen molar-refractivity contribution in [1.29, 1.82) is 5.26 Å². The Kier molecular flexibility index (Phi) is 8.64. The largest absolute Gasteiger partial charge is 0.492 e. The number of morpholine rings is 1. The van der Waals surface area contributed by atoms with Crippen molar-refractivity contribution in [3.05, 3.63) is 60.3 Å². The van der Waals surface area contributed by atoms with Gasteiger partial charge in [0.1, 0.15) is 18.4 Å². The van der Waals surface area contributed by atoms with Crippen molar-refractivity contribution in [3.8, 4) is 23.1 Å². The highest BCUT2D eigenvalue weighted by molar-refractivity contribution is 5.76. The van der Waals surface area contributed by atoms with Gasteiger partial charge in [-0.1, -0.05) is 0 Å². The van der Waals surface area contributed by atoms with Gasteiger partial charge in [-0.2, -0.15) is 5.26 Å². The monoisotopic (exact) mass is 488 g/mol. The maximum Gasteiger partial charge on any atom is 0.245 e. The molecule has 36 heavy (non-hydrogen) atoms. The Morgan fingerprint density at radius 2 is 1.97 bits per heavy atom. The van der Waals surface area contributed by atoms with Gasteiger partial charge in [0, 0.05) is 42.8 Å². The first-order valence-corrected chi connectivity index (χ1v) is 11.7. The third kappa shape index (κ3) is 6.69. The van der Waals surface area contributed by atoms with E-state index in [1.54, 1.807) is 24.4 Å². The van der Waals surface area contributed by atoms with E-state index in [1.165, 1.54) is 0 Å². The van der Waals surface area contributed by atoms with Crippen LogP contribution in [0, 0.1) is 11.3 Å². The van der Waals surface area contributed by atoms with E-state index in [4.69, 9.17) is 14.6 Å². The van der Waals surface area contributed by atoms with Crippen LogP contribution in [0.1, 0.15) is 12.0 Å². The number of ether oxygens (including phenoxy) is 2. The Morgan fingerprint density at radius 1 is 1.17 bits per heavy atom. The van der Waals surface area contributed by atoms with Crippen molar-refractivity contribution in [1.82, 2.24) is 15.3 Å². The Balaban J connectivity index is 1.38. The van der Waals surface area contributed by atoms with Crippen LogP contribution in [0.2, 0.25) is 0 Å². The van der Waals surface area contributed by atoms with Crippen LogP contribution in [-0.2, 0) is 9.53 Å². The highest BCUT2D eigenvalue weighted by atomic mass is 16.5. The summed E-state index contributed by atoms with van der Waals surface area (Å²) in [5, 5.41) is 24.1. The number of hydrogen-bond acceptors (Lipinski definition) is 9. The summed E-state index contributed by atoms with van der Waals surface area (Å²) < 4.78 is 11.1. The number of aromatic nitrogens is 2. The number of aliphatic hydroxyl groups excluding tert-OH is 1. The number of anilines is 3. The van der Waals surface area contributed by atoms with Gasteiger partial charge in [0.25, 0.3) is 0 Å². The van der Waals surface area contributed by atoms with Gasteiger partial charge in [0.15, 0.2) is 0 Å². The Labute approximate surface area is 209 Å². The number of benzene rings is 2. The van der Waals surface area contributed by atoms with E-state index >= 15 is 0 Å². The zero-order chi connectivity index (χ0) is 25.2. The van der Waals surface area contributed by atoms with Gasteiger partial charge in [-0.25, -0.2) is 9.97 Å². The molecule has 1 aliphatic heterocycles. The minimum absolute atomic E-state index is 0.325. The molecule has 0 bridgehead atoms. The molecule has 3 N–H and O–H groups in total. The van der Waals surface area contributed by atoms with Crippen molar-refractivity contribution in [2.45, 2.75) is 6.42 Å². The fraction of sp³-hybridized carbons (Fsp3) is 0.308. The molecule has 1 amide bonds. The molecule has 0 radical (unpaired) electrons. The van der Waals surface area contributed by atoms with Crippen LogP contribution in [0.25, 0.3) is 11.3 Å². The summed E-state index contributed by atoms with van der Waals surface area (Å²) in [7, 11) is 0. The van der Waals surface area contributed by atoms with Crippen LogP contribution in [-0.4, -0.2) is 67.0 Å². The average Bonchev–Trinajstić information content (AvgIpc) is 2.93. The highest BCUT2D eigenvalue weighted by Gasteiger charge is 2.12. The zero-order valence-corrected chi connectivity index (χ0v) is 19.8. The molecule has 1 aromatic heterocycles. The van der Waals surface area contributed by atoms with Gasteiger partial charge in [0.2, 0.25) is 11.9 Å². The lowest BCUT2D eigenvalue weighted by Gasteiger charge is -2.28. The van der Waals surface area contributed by atoms with Gasteiger partial charge in [-0.05, 0) is 55.0 Å². The number of carbonyl (C=O) groups excluding carboxylic acids is 1. The molecule has 186 valence electrons. The lowest BCUT2D eigenvalue weighted by molar-refractivity contribution is -0.123. The Hall–Kier alpha value is -4.20. The van der Waals surface area contributed by atoms with E-state index in [-0.39, 0.29) is 0 Å². The summed E-state index contributed by atoms with van der Waals surface area (Å²) >= 11 is 0. The molecule has 10 heteroatoms. The van der Waals surface area contributed by atoms with Crippen LogP contribution >= 0.6 is 0 Å². The molecule has 0 unspecified atom stereocenters. The van der Waals surface area contributed by atoms with Crippen molar-refractivity contribution in [2.75, 3.05) is 56.3 Å². The summed E-state index contributed by atoms with van der Waals surface area (Å²) in [5.41, 5.74) is 3.86. The number of rotatable bonds is 10. The number of hydrogen-bond donors (Lipinski definition) is 3. The second kappa shape index (κ2) is 12.5. The van der Waals surface area contributed by atoms with E-state index in [0.717, 1.165) is 43.2 Å². The van der Waals surface area contributed by atoms with Gasteiger partial charge in [-0.15, -0.1) is 0 Å². The second-order valence-corrected chi connectivity index (χ2v) is 8.07.